The summed E-state index contributed by atoms with van der Waals surface area (Å²) in [7, 11) is 1.35. The molecule has 0 radical (unpaired) electrons. The molecular weight excluding hydrogens is 370 g/mol. The number of anilines is 1. The smallest absolute Gasteiger partial charge is 0.338 e. The van der Waals surface area contributed by atoms with Gasteiger partial charge in [-0.05, 0) is 49.6 Å². The molecule has 1 aromatic heterocycles. The van der Waals surface area contributed by atoms with Crippen LogP contribution in [0, 0.1) is 0 Å². The van der Waals surface area contributed by atoms with Crippen LogP contribution in [0.1, 0.15) is 29.3 Å². The number of ether oxygens (including phenoxy) is 1. The quantitative estimate of drug-likeness (QED) is 0.639. The largest absolute Gasteiger partial charge is 0.465 e. The van der Waals surface area contributed by atoms with E-state index in [1.54, 1.807) is 21.6 Å². The van der Waals surface area contributed by atoms with Crippen LogP contribution in [0.25, 0.3) is 11.0 Å². The van der Waals surface area contributed by atoms with E-state index in [1.807, 2.05) is 37.3 Å². The lowest BCUT2D eigenvalue weighted by Crippen LogP contribution is -2.40. The molecular formula is C22H23N3O4. The number of aromatic nitrogens is 2. The number of hydrogen-bond donors (Lipinski definition) is 0. The van der Waals surface area contributed by atoms with Gasteiger partial charge in [-0.3, -0.25) is 13.9 Å². The van der Waals surface area contributed by atoms with Gasteiger partial charge in [0.05, 0.1) is 23.7 Å². The van der Waals surface area contributed by atoms with Gasteiger partial charge in [0.2, 0.25) is 5.91 Å². The van der Waals surface area contributed by atoms with Crippen LogP contribution >= 0.6 is 0 Å². The molecule has 0 atom stereocenters. The number of nitrogens with zero attached hydrogens (tertiary/aromatic N) is 3. The third-order valence-electron chi connectivity index (χ3n) is 5.49. The number of methoxy groups -OCH3 is 1. The fraction of sp³-hybridized carbons (Fsp3) is 0.318. The Labute approximate surface area is 168 Å². The maximum absolute atomic E-state index is 13.2. The van der Waals surface area contributed by atoms with Gasteiger partial charge in [0.1, 0.15) is 6.54 Å². The lowest BCUT2D eigenvalue weighted by molar-refractivity contribution is -0.119. The standard InChI is InChI=1S/C22H23N3O4/c1-3-23-18-10-4-5-11-19(18)25(22(23)28)14-20(26)24-13-7-9-15-16(21(27)29-2)8-6-12-17(15)24/h4-6,8,10-12H,3,7,9,13-14H2,1-2H3. The Kier molecular flexibility index (Phi) is 4.96. The van der Waals surface area contributed by atoms with E-state index < -0.39 is 5.97 Å². The SMILES string of the molecule is CCn1c(=O)n(CC(=O)N2CCCc3c(C(=O)OC)cccc32)c2ccccc21. The zero-order valence-electron chi connectivity index (χ0n) is 16.6. The van der Waals surface area contributed by atoms with Gasteiger partial charge < -0.3 is 9.64 Å². The molecule has 1 aliphatic rings. The van der Waals surface area contributed by atoms with Crippen LogP contribution in [0.5, 0.6) is 0 Å². The van der Waals surface area contributed by atoms with Gasteiger partial charge >= 0.3 is 11.7 Å². The minimum atomic E-state index is -0.404. The first kappa shape index (κ1) is 19.0. The Bertz CT molecular complexity index is 1160. The van der Waals surface area contributed by atoms with Gasteiger partial charge in [-0.15, -0.1) is 0 Å². The van der Waals surface area contributed by atoms with Gasteiger partial charge in [0.15, 0.2) is 0 Å². The summed E-state index contributed by atoms with van der Waals surface area (Å²) >= 11 is 0. The highest BCUT2D eigenvalue weighted by atomic mass is 16.5. The Morgan fingerprint density at radius 2 is 1.76 bits per heavy atom. The van der Waals surface area contributed by atoms with E-state index in [4.69, 9.17) is 4.74 Å². The van der Waals surface area contributed by atoms with E-state index in [0.717, 1.165) is 28.7 Å². The van der Waals surface area contributed by atoms with Crippen molar-refractivity contribution in [3.63, 3.8) is 0 Å². The summed E-state index contributed by atoms with van der Waals surface area (Å²) in [5, 5.41) is 0. The van der Waals surface area contributed by atoms with Gasteiger partial charge in [0.25, 0.3) is 0 Å². The predicted molar refractivity (Wildman–Crippen MR) is 110 cm³/mol. The number of para-hydroxylation sites is 2. The van der Waals surface area contributed by atoms with Crippen molar-refractivity contribution in [2.24, 2.45) is 0 Å². The molecule has 0 N–H and O–H groups in total. The maximum atomic E-state index is 13.2. The molecule has 0 spiro atoms. The number of amides is 1. The van der Waals surface area contributed by atoms with E-state index >= 15 is 0 Å². The Morgan fingerprint density at radius 1 is 1.03 bits per heavy atom. The fourth-order valence-corrected chi connectivity index (χ4v) is 4.14. The Morgan fingerprint density at radius 3 is 2.45 bits per heavy atom. The molecule has 1 amide bonds. The molecule has 0 saturated heterocycles. The zero-order valence-corrected chi connectivity index (χ0v) is 16.6. The zero-order chi connectivity index (χ0) is 20.5. The predicted octanol–water partition coefficient (Wildman–Crippen LogP) is 2.59. The average molecular weight is 393 g/mol. The second-order valence-corrected chi connectivity index (χ2v) is 7.05. The maximum Gasteiger partial charge on any atom is 0.338 e. The molecule has 0 bridgehead atoms. The highest BCUT2D eigenvalue weighted by Gasteiger charge is 2.27. The van der Waals surface area contributed by atoms with Crippen molar-refractivity contribution in [3.05, 3.63) is 64.1 Å². The van der Waals surface area contributed by atoms with E-state index in [-0.39, 0.29) is 18.1 Å². The topological polar surface area (TPSA) is 73.5 Å². The molecule has 7 heteroatoms. The minimum Gasteiger partial charge on any atom is -0.465 e. The van der Waals surface area contributed by atoms with Crippen molar-refractivity contribution >= 4 is 28.6 Å². The molecule has 1 aliphatic heterocycles. The molecule has 2 aromatic carbocycles. The highest BCUT2D eigenvalue weighted by Crippen LogP contribution is 2.30. The summed E-state index contributed by atoms with van der Waals surface area (Å²) in [5.74, 6) is -0.576. The van der Waals surface area contributed by atoms with Crippen LogP contribution in [0.15, 0.2) is 47.3 Å². The molecule has 4 rings (SSSR count). The van der Waals surface area contributed by atoms with E-state index in [2.05, 4.69) is 0 Å². The van der Waals surface area contributed by atoms with E-state index in [0.29, 0.717) is 25.1 Å². The minimum absolute atomic E-state index is 0.0474. The lowest BCUT2D eigenvalue weighted by Gasteiger charge is -2.30. The summed E-state index contributed by atoms with van der Waals surface area (Å²) < 4.78 is 8.08. The van der Waals surface area contributed by atoms with Gasteiger partial charge in [-0.25, -0.2) is 9.59 Å². The number of rotatable bonds is 4. The van der Waals surface area contributed by atoms with Crippen molar-refractivity contribution < 1.29 is 14.3 Å². The fourth-order valence-electron chi connectivity index (χ4n) is 4.14. The number of aryl methyl sites for hydroxylation is 1. The average Bonchev–Trinajstić information content (AvgIpc) is 3.03. The van der Waals surface area contributed by atoms with Crippen molar-refractivity contribution in [1.29, 1.82) is 0 Å². The summed E-state index contributed by atoms with van der Waals surface area (Å²) in [6.07, 6.45) is 1.46. The number of imidazole rings is 1. The van der Waals surface area contributed by atoms with Crippen LogP contribution in [0.4, 0.5) is 5.69 Å². The molecule has 29 heavy (non-hydrogen) atoms. The molecule has 3 aromatic rings. The molecule has 0 saturated carbocycles. The monoisotopic (exact) mass is 393 g/mol. The number of hydrogen-bond acceptors (Lipinski definition) is 4. The molecule has 150 valence electrons. The van der Waals surface area contributed by atoms with Gasteiger partial charge in [-0.2, -0.15) is 0 Å². The van der Waals surface area contributed by atoms with Gasteiger partial charge in [0, 0.05) is 18.8 Å². The summed E-state index contributed by atoms with van der Waals surface area (Å²) in [6.45, 7) is 2.96. The third kappa shape index (κ3) is 3.12. The van der Waals surface area contributed by atoms with Crippen molar-refractivity contribution in [1.82, 2.24) is 9.13 Å². The number of benzene rings is 2. The highest BCUT2D eigenvalue weighted by molar-refractivity contribution is 5.99. The number of fused-ring (bicyclic) bond motifs is 2. The van der Waals surface area contributed by atoms with Crippen molar-refractivity contribution in [2.75, 3.05) is 18.6 Å². The normalized spacial score (nSPS) is 13.4. The first-order chi connectivity index (χ1) is 14.1. The third-order valence-corrected chi connectivity index (χ3v) is 5.49. The molecule has 0 aliphatic carbocycles. The lowest BCUT2D eigenvalue weighted by atomic mass is 9.96. The molecule has 0 unspecified atom stereocenters. The number of esters is 1. The second kappa shape index (κ2) is 7.58. The van der Waals surface area contributed by atoms with Crippen LogP contribution in [0.2, 0.25) is 0 Å². The second-order valence-electron chi connectivity index (χ2n) is 7.05. The summed E-state index contributed by atoms with van der Waals surface area (Å²) in [5.41, 5.74) is 3.40. The Balaban J connectivity index is 1.72. The van der Waals surface area contributed by atoms with Crippen LogP contribution in [-0.4, -0.2) is 34.7 Å². The number of carbonyl (C=O) groups excluding carboxylic acids is 2. The van der Waals surface area contributed by atoms with E-state index in [9.17, 15) is 14.4 Å². The van der Waals surface area contributed by atoms with Crippen LogP contribution in [-0.2, 0) is 29.0 Å². The number of carbonyl (C=O) groups is 2. The van der Waals surface area contributed by atoms with Crippen molar-refractivity contribution in [3.8, 4) is 0 Å². The molecule has 7 nitrogen and oxygen atoms in total. The summed E-state index contributed by atoms with van der Waals surface area (Å²) in [6, 6.07) is 12.8. The van der Waals surface area contributed by atoms with Crippen LogP contribution < -0.4 is 10.6 Å². The molecule has 2 heterocycles. The van der Waals surface area contributed by atoms with E-state index in [1.165, 1.54) is 11.7 Å². The summed E-state index contributed by atoms with van der Waals surface area (Å²) in [4.78, 5) is 39.9. The first-order valence-electron chi connectivity index (χ1n) is 9.75. The van der Waals surface area contributed by atoms with Crippen LogP contribution in [0.3, 0.4) is 0 Å². The van der Waals surface area contributed by atoms with Crippen molar-refractivity contribution in [2.45, 2.75) is 32.9 Å². The first-order valence-corrected chi connectivity index (χ1v) is 9.75. The molecule has 0 fully saturated rings. The Hall–Kier alpha value is -3.35. The van der Waals surface area contributed by atoms with Gasteiger partial charge in [-0.1, -0.05) is 18.2 Å².